The molecule has 0 aliphatic heterocycles. The third kappa shape index (κ3) is 5.75. The Labute approximate surface area is 119 Å². The van der Waals surface area contributed by atoms with E-state index in [4.69, 9.17) is 0 Å². The van der Waals surface area contributed by atoms with Crippen LogP contribution in [0.2, 0.25) is 0 Å². The van der Waals surface area contributed by atoms with Gasteiger partial charge in [-0.25, -0.2) is 0 Å². The molecule has 1 atom stereocenters. The minimum absolute atomic E-state index is 0.487. The van der Waals surface area contributed by atoms with Crippen molar-refractivity contribution < 1.29 is 0 Å². The van der Waals surface area contributed by atoms with Crippen LogP contribution in [0.15, 0.2) is 24.3 Å². The minimum Gasteiger partial charge on any atom is -0.310 e. The Kier molecular flexibility index (Phi) is 7.76. The Bertz CT molecular complexity index is 349. The van der Waals surface area contributed by atoms with Crippen LogP contribution >= 0.6 is 0 Å². The first kappa shape index (κ1) is 16.2. The molecule has 0 amide bonds. The van der Waals surface area contributed by atoms with Crippen molar-refractivity contribution >= 4 is 0 Å². The van der Waals surface area contributed by atoms with Crippen molar-refractivity contribution in [2.45, 2.75) is 46.1 Å². The van der Waals surface area contributed by atoms with Gasteiger partial charge in [-0.05, 0) is 64.0 Å². The Hall–Kier alpha value is -0.860. The maximum atomic E-state index is 3.70. The summed E-state index contributed by atoms with van der Waals surface area (Å²) < 4.78 is 0. The van der Waals surface area contributed by atoms with E-state index in [1.165, 1.54) is 36.9 Å². The Morgan fingerprint density at radius 3 is 2.47 bits per heavy atom. The summed E-state index contributed by atoms with van der Waals surface area (Å²) in [5.41, 5.74) is 2.86. The molecule has 2 heteroatoms. The maximum Gasteiger partial charge on any atom is 0.0335 e. The Balaban J connectivity index is 2.64. The zero-order valence-electron chi connectivity index (χ0n) is 13.1. The van der Waals surface area contributed by atoms with Gasteiger partial charge in [-0.15, -0.1) is 0 Å². The first-order valence-electron chi connectivity index (χ1n) is 7.66. The van der Waals surface area contributed by atoms with Crippen molar-refractivity contribution in [3.8, 4) is 0 Å². The van der Waals surface area contributed by atoms with E-state index in [0.717, 1.165) is 13.1 Å². The van der Waals surface area contributed by atoms with Gasteiger partial charge in [0.1, 0.15) is 0 Å². The molecule has 1 aromatic carbocycles. The fourth-order valence-electron chi connectivity index (χ4n) is 2.51. The molecule has 0 aromatic heterocycles. The van der Waals surface area contributed by atoms with Crippen LogP contribution in [0.5, 0.6) is 0 Å². The van der Waals surface area contributed by atoms with E-state index in [1.807, 2.05) is 0 Å². The minimum atomic E-state index is 0.487. The van der Waals surface area contributed by atoms with Gasteiger partial charge in [-0.3, -0.25) is 0 Å². The molecule has 0 saturated heterocycles. The van der Waals surface area contributed by atoms with Crippen LogP contribution in [-0.4, -0.2) is 31.6 Å². The van der Waals surface area contributed by atoms with E-state index in [1.54, 1.807) is 0 Å². The summed E-state index contributed by atoms with van der Waals surface area (Å²) in [6.07, 6.45) is 3.60. The van der Waals surface area contributed by atoms with Crippen molar-refractivity contribution in [2.75, 3.05) is 26.7 Å². The number of nitrogens with zero attached hydrogens (tertiary/aromatic N) is 1. The summed E-state index contributed by atoms with van der Waals surface area (Å²) in [6.45, 7) is 10.1. The quantitative estimate of drug-likeness (QED) is 0.729. The highest BCUT2D eigenvalue weighted by Gasteiger charge is 2.13. The normalized spacial score (nSPS) is 12.9. The smallest absolute Gasteiger partial charge is 0.0335 e. The van der Waals surface area contributed by atoms with Gasteiger partial charge in [0.15, 0.2) is 0 Å². The lowest BCUT2D eigenvalue weighted by molar-refractivity contribution is 0.307. The van der Waals surface area contributed by atoms with Crippen molar-refractivity contribution in [1.29, 1.82) is 0 Å². The zero-order chi connectivity index (χ0) is 14.1. The van der Waals surface area contributed by atoms with Crippen molar-refractivity contribution in [1.82, 2.24) is 10.2 Å². The molecule has 0 heterocycles. The van der Waals surface area contributed by atoms with E-state index < -0.39 is 0 Å². The van der Waals surface area contributed by atoms with E-state index >= 15 is 0 Å². The molecule has 108 valence electrons. The number of aryl methyl sites for hydroxylation is 1. The van der Waals surface area contributed by atoms with E-state index in [-0.39, 0.29) is 0 Å². The fourth-order valence-corrected chi connectivity index (χ4v) is 2.51. The van der Waals surface area contributed by atoms with Gasteiger partial charge in [0.25, 0.3) is 0 Å². The number of rotatable bonds is 9. The lowest BCUT2D eigenvalue weighted by Crippen LogP contribution is -2.28. The largest absolute Gasteiger partial charge is 0.310 e. The predicted molar refractivity (Wildman–Crippen MR) is 84.6 cm³/mol. The average Bonchev–Trinajstić information content (AvgIpc) is 2.40. The molecule has 1 aromatic rings. The molecular weight excluding hydrogens is 232 g/mol. The summed E-state index contributed by atoms with van der Waals surface area (Å²) in [5.74, 6) is 0. The van der Waals surface area contributed by atoms with Crippen molar-refractivity contribution in [3.63, 3.8) is 0 Å². The number of hydrogen-bond acceptors (Lipinski definition) is 2. The van der Waals surface area contributed by atoms with Gasteiger partial charge in [-0.2, -0.15) is 0 Å². The fraction of sp³-hybridized carbons (Fsp3) is 0.647. The molecule has 1 unspecified atom stereocenters. The first-order valence-corrected chi connectivity index (χ1v) is 7.66. The molecule has 19 heavy (non-hydrogen) atoms. The third-order valence-electron chi connectivity index (χ3n) is 3.61. The molecule has 2 nitrogen and oxygen atoms in total. The third-order valence-corrected chi connectivity index (χ3v) is 3.61. The number of benzene rings is 1. The predicted octanol–water partition coefficient (Wildman–Crippen LogP) is 3.77. The molecule has 0 aliphatic carbocycles. The van der Waals surface area contributed by atoms with Crippen molar-refractivity contribution in [2.24, 2.45) is 0 Å². The molecule has 0 radical (unpaired) electrons. The molecule has 0 spiro atoms. The van der Waals surface area contributed by atoms with Crippen LogP contribution in [0.25, 0.3) is 0 Å². The molecular formula is C17H30N2. The number of hydrogen-bond donors (Lipinski definition) is 1. The van der Waals surface area contributed by atoms with Crippen LogP contribution in [-0.2, 0) is 0 Å². The summed E-state index contributed by atoms with van der Waals surface area (Å²) in [6, 6.07) is 9.24. The summed E-state index contributed by atoms with van der Waals surface area (Å²) >= 11 is 0. The summed E-state index contributed by atoms with van der Waals surface area (Å²) in [4.78, 5) is 2.43. The van der Waals surface area contributed by atoms with Gasteiger partial charge in [0, 0.05) is 6.04 Å². The highest BCUT2D eigenvalue weighted by atomic mass is 15.1. The van der Waals surface area contributed by atoms with Gasteiger partial charge in [0.2, 0.25) is 0 Å². The van der Waals surface area contributed by atoms with Crippen LogP contribution in [0.1, 0.15) is 50.3 Å². The number of nitrogens with one attached hydrogen (secondary N) is 1. The van der Waals surface area contributed by atoms with Crippen molar-refractivity contribution in [3.05, 3.63) is 35.4 Å². The monoisotopic (exact) mass is 262 g/mol. The highest BCUT2D eigenvalue weighted by Crippen LogP contribution is 2.20. The molecule has 0 bridgehead atoms. The lowest BCUT2D eigenvalue weighted by atomic mass is 9.98. The second kappa shape index (κ2) is 9.11. The SMILES string of the molecule is CCCNC(CCN(C)CCC)c1ccccc1C. The highest BCUT2D eigenvalue weighted by molar-refractivity contribution is 5.28. The van der Waals surface area contributed by atoms with Crippen LogP contribution in [0, 0.1) is 6.92 Å². The Morgan fingerprint density at radius 2 is 1.84 bits per heavy atom. The molecule has 1 rings (SSSR count). The van der Waals surface area contributed by atoms with Crippen LogP contribution < -0.4 is 5.32 Å². The first-order chi connectivity index (χ1) is 9.19. The summed E-state index contributed by atoms with van der Waals surface area (Å²) in [5, 5.41) is 3.70. The van der Waals surface area contributed by atoms with Crippen LogP contribution in [0.4, 0.5) is 0 Å². The standard InChI is InChI=1S/C17H30N2/c1-5-12-18-17(11-14-19(4)13-6-2)16-10-8-7-9-15(16)3/h7-10,17-18H,5-6,11-14H2,1-4H3. The second-order valence-electron chi connectivity index (χ2n) is 5.46. The molecule has 1 N–H and O–H groups in total. The average molecular weight is 262 g/mol. The Morgan fingerprint density at radius 1 is 1.11 bits per heavy atom. The molecule has 0 saturated carbocycles. The molecule has 0 fully saturated rings. The zero-order valence-corrected chi connectivity index (χ0v) is 13.1. The van der Waals surface area contributed by atoms with Gasteiger partial charge < -0.3 is 10.2 Å². The topological polar surface area (TPSA) is 15.3 Å². The summed E-state index contributed by atoms with van der Waals surface area (Å²) in [7, 11) is 2.22. The van der Waals surface area contributed by atoms with Gasteiger partial charge >= 0.3 is 0 Å². The van der Waals surface area contributed by atoms with Crippen LogP contribution in [0.3, 0.4) is 0 Å². The van der Waals surface area contributed by atoms with E-state index in [2.05, 4.69) is 62.3 Å². The van der Waals surface area contributed by atoms with Gasteiger partial charge in [-0.1, -0.05) is 38.1 Å². The second-order valence-corrected chi connectivity index (χ2v) is 5.46. The van der Waals surface area contributed by atoms with E-state index in [0.29, 0.717) is 6.04 Å². The lowest BCUT2D eigenvalue weighted by Gasteiger charge is -2.24. The molecule has 0 aliphatic rings. The maximum absolute atomic E-state index is 3.70. The van der Waals surface area contributed by atoms with Gasteiger partial charge in [0.05, 0.1) is 0 Å². The van der Waals surface area contributed by atoms with E-state index in [9.17, 15) is 0 Å².